The van der Waals surface area contributed by atoms with E-state index in [0.29, 0.717) is 12.8 Å². The zero-order valence-electron chi connectivity index (χ0n) is 13.8. The average molecular weight is 333 g/mol. The summed E-state index contributed by atoms with van der Waals surface area (Å²) in [6.45, 7) is 0. The zero-order valence-corrected chi connectivity index (χ0v) is 13.8. The van der Waals surface area contributed by atoms with Gasteiger partial charge in [0.05, 0.1) is 7.11 Å². The number of carbonyl (C=O) groups excluding carboxylic acids is 2. The van der Waals surface area contributed by atoms with Gasteiger partial charge in [0.25, 0.3) is 0 Å². The standard InChI is InChI=1S/C18H23NO5/c1-24-18(23)14-11-13-8-5-7-12(10-13)6-3-2-4-9-15(17(21)22)19-16(14)20/h5,7-8,10,14-15H,2-4,6,9,11H2,1H3,(H,19,20)(H,21,22)/t14?,15-/m0/s1. The Hall–Kier alpha value is -2.37. The molecule has 0 aromatic heterocycles. The Kier molecular flexibility index (Phi) is 6.35. The first kappa shape index (κ1) is 18.0. The molecule has 1 aromatic carbocycles. The van der Waals surface area contributed by atoms with Crippen molar-refractivity contribution >= 4 is 17.8 Å². The minimum absolute atomic E-state index is 0.193. The van der Waals surface area contributed by atoms with Crippen molar-refractivity contribution in [2.45, 2.75) is 44.6 Å². The van der Waals surface area contributed by atoms with Crippen LogP contribution >= 0.6 is 0 Å². The first-order chi connectivity index (χ1) is 11.5. The molecule has 2 atom stereocenters. The molecule has 2 bridgehead atoms. The lowest BCUT2D eigenvalue weighted by molar-refractivity contribution is -0.152. The molecule has 1 aliphatic heterocycles. The minimum Gasteiger partial charge on any atom is -0.480 e. The molecule has 0 fully saturated rings. The fraction of sp³-hybridized carbons (Fsp3) is 0.500. The van der Waals surface area contributed by atoms with Crippen molar-refractivity contribution in [2.24, 2.45) is 5.92 Å². The molecule has 0 saturated heterocycles. The lowest BCUT2D eigenvalue weighted by Crippen LogP contribution is -2.46. The van der Waals surface area contributed by atoms with Crippen LogP contribution in [-0.4, -0.2) is 36.1 Å². The molecule has 2 rings (SSSR count). The number of esters is 1. The van der Waals surface area contributed by atoms with Gasteiger partial charge in [0.15, 0.2) is 0 Å². The summed E-state index contributed by atoms with van der Waals surface area (Å²) in [5, 5.41) is 11.8. The molecule has 0 saturated carbocycles. The van der Waals surface area contributed by atoms with Gasteiger partial charge in [0.2, 0.25) is 5.91 Å². The van der Waals surface area contributed by atoms with Crippen LogP contribution in [0.5, 0.6) is 0 Å². The van der Waals surface area contributed by atoms with Crippen LogP contribution in [0.15, 0.2) is 24.3 Å². The zero-order chi connectivity index (χ0) is 17.5. The molecular weight excluding hydrogens is 310 g/mol. The summed E-state index contributed by atoms with van der Waals surface area (Å²) in [6, 6.07) is 6.82. The van der Waals surface area contributed by atoms with Gasteiger partial charge in [-0.05, 0) is 36.8 Å². The number of methoxy groups -OCH3 is 1. The number of aryl methyl sites for hydroxylation is 1. The average Bonchev–Trinajstić information content (AvgIpc) is 2.57. The number of nitrogens with one attached hydrogen (secondary N) is 1. The lowest BCUT2D eigenvalue weighted by atomic mass is 9.96. The third kappa shape index (κ3) is 4.81. The Morgan fingerprint density at radius 3 is 2.67 bits per heavy atom. The van der Waals surface area contributed by atoms with Gasteiger partial charge in [-0.25, -0.2) is 4.79 Å². The summed E-state index contributed by atoms with van der Waals surface area (Å²) in [7, 11) is 1.22. The van der Waals surface area contributed by atoms with Crippen LogP contribution in [0.2, 0.25) is 0 Å². The molecule has 24 heavy (non-hydrogen) atoms. The molecule has 1 aliphatic rings. The molecule has 1 amide bonds. The molecule has 0 radical (unpaired) electrons. The van der Waals surface area contributed by atoms with Crippen LogP contribution in [0.3, 0.4) is 0 Å². The van der Waals surface area contributed by atoms with Gasteiger partial charge < -0.3 is 15.2 Å². The first-order valence-electron chi connectivity index (χ1n) is 8.20. The molecule has 6 nitrogen and oxygen atoms in total. The summed E-state index contributed by atoms with van der Waals surface area (Å²) in [6.07, 6.45) is 4.01. The number of amides is 1. The smallest absolute Gasteiger partial charge is 0.326 e. The molecule has 1 heterocycles. The highest BCUT2D eigenvalue weighted by atomic mass is 16.5. The molecule has 1 aromatic rings. The second-order valence-electron chi connectivity index (χ2n) is 6.10. The van der Waals surface area contributed by atoms with E-state index in [2.05, 4.69) is 5.32 Å². The highest BCUT2D eigenvalue weighted by molar-refractivity contribution is 5.99. The van der Waals surface area contributed by atoms with E-state index in [0.717, 1.165) is 30.4 Å². The van der Waals surface area contributed by atoms with Crippen LogP contribution in [0.4, 0.5) is 0 Å². The van der Waals surface area contributed by atoms with Crippen LogP contribution in [-0.2, 0) is 32.0 Å². The summed E-state index contributed by atoms with van der Waals surface area (Å²) in [5.74, 6) is -3.38. The van der Waals surface area contributed by atoms with Gasteiger partial charge >= 0.3 is 11.9 Å². The number of carbonyl (C=O) groups is 3. The van der Waals surface area contributed by atoms with Crippen molar-refractivity contribution in [1.82, 2.24) is 5.32 Å². The summed E-state index contributed by atoms with van der Waals surface area (Å²) in [5.41, 5.74) is 2.02. The van der Waals surface area contributed by atoms with Crippen molar-refractivity contribution in [3.8, 4) is 0 Å². The fourth-order valence-corrected chi connectivity index (χ4v) is 2.96. The number of benzene rings is 1. The van der Waals surface area contributed by atoms with Gasteiger partial charge in [-0.3, -0.25) is 9.59 Å². The predicted molar refractivity (Wildman–Crippen MR) is 87.4 cm³/mol. The lowest BCUT2D eigenvalue weighted by Gasteiger charge is -2.19. The Morgan fingerprint density at radius 1 is 1.21 bits per heavy atom. The monoisotopic (exact) mass is 333 g/mol. The van der Waals surface area contributed by atoms with E-state index in [4.69, 9.17) is 4.74 Å². The Balaban J connectivity index is 2.28. The molecule has 6 heteroatoms. The van der Waals surface area contributed by atoms with Crippen molar-refractivity contribution < 1.29 is 24.2 Å². The maximum absolute atomic E-state index is 12.5. The number of rotatable bonds is 2. The largest absolute Gasteiger partial charge is 0.480 e. The van der Waals surface area contributed by atoms with Crippen molar-refractivity contribution in [3.63, 3.8) is 0 Å². The number of carboxylic acids is 1. The maximum atomic E-state index is 12.5. The Bertz CT molecular complexity index is 613. The highest BCUT2D eigenvalue weighted by Crippen LogP contribution is 2.17. The van der Waals surface area contributed by atoms with Crippen LogP contribution < -0.4 is 5.32 Å². The minimum atomic E-state index is -1.08. The van der Waals surface area contributed by atoms with Crippen LogP contribution in [0.1, 0.15) is 36.8 Å². The van der Waals surface area contributed by atoms with Crippen molar-refractivity contribution in [1.29, 1.82) is 0 Å². The van der Waals surface area contributed by atoms with Crippen molar-refractivity contribution in [2.75, 3.05) is 7.11 Å². The van der Waals surface area contributed by atoms with Gasteiger partial charge in [-0.2, -0.15) is 0 Å². The Morgan fingerprint density at radius 2 is 1.96 bits per heavy atom. The number of hydrogen-bond donors (Lipinski definition) is 2. The van der Waals surface area contributed by atoms with Crippen LogP contribution in [0, 0.1) is 5.92 Å². The highest BCUT2D eigenvalue weighted by Gasteiger charge is 2.31. The van der Waals surface area contributed by atoms with Gasteiger partial charge in [-0.15, -0.1) is 0 Å². The number of aliphatic carboxylic acids is 1. The van der Waals surface area contributed by atoms with E-state index < -0.39 is 29.8 Å². The normalized spacial score (nSPS) is 22.3. The van der Waals surface area contributed by atoms with E-state index >= 15 is 0 Å². The van der Waals surface area contributed by atoms with Crippen molar-refractivity contribution in [3.05, 3.63) is 35.4 Å². The Labute approximate surface area is 141 Å². The van der Waals surface area contributed by atoms with Gasteiger partial charge in [0, 0.05) is 0 Å². The molecule has 130 valence electrons. The quantitative estimate of drug-likeness (QED) is 0.635. The summed E-state index contributed by atoms with van der Waals surface area (Å²) < 4.78 is 4.73. The molecule has 0 aliphatic carbocycles. The second kappa shape index (κ2) is 8.47. The molecule has 0 spiro atoms. The van der Waals surface area contributed by atoms with E-state index in [1.807, 2.05) is 24.3 Å². The maximum Gasteiger partial charge on any atom is 0.326 e. The number of hydrogen-bond acceptors (Lipinski definition) is 4. The van der Waals surface area contributed by atoms with E-state index in [-0.39, 0.29) is 6.42 Å². The first-order valence-corrected chi connectivity index (χ1v) is 8.20. The fourth-order valence-electron chi connectivity index (χ4n) is 2.96. The number of fused-ring (bicyclic) bond motifs is 2. The van der Waals surface area contributed by atoms with Crippen LogP contribution in [0.25, 0.3) is 0 Å². The van der Waals surface area contributed by atoms with Gasteiger partial charge in [0.1, 0.15) is 12.0 Å². The topological polar surface area (TPSA) is 92.7 Å². The third-order valence-corrected chi connectivity index (χ3v) is 4.31. The molecule has 1 unspecified atom stereocenters. The summed E-state index contributed by atoms with van der Waals surface area (Å²) in [4.78, 5) is 35.8. The van der Waals surface area contributed by atoms with E-state index in [1.54, 1.807) is 0 Å². The van der Waals surface area contributed by atoms with E-state index in [9.17, 15) is 19.5 Å². The predicted octanol–water partition coefficient (Wildman–Crippen LogP) is 1.70. The number of ether oxygens (including phenoxy) is 1. The SMILES string of the molecule is COC(=O)C1Cc2cccc(c2)CCCCC[C@@H](C(=O)O)NC1=O. The van der Waals surface area contributed by atoms with E-state index in [1.165, 1.54) is 7.11 Å². The molecular formula is C18H23NO5. The second-order valence-corrected chi connectivity index (χ2v) is 6.10. The third-order valence-electron chi connectivity index (χ3n) is 4.31. The molecule has 2 N–H and O–H groups in total. The summed E-state index contributed by atoms with van der Waals surface area (Å²) >= 11 is 0. The van der Waals surface area contributed by atoms with Gasteiger partial charge in [-0.1, -0.05) is 37.1 Å². The number of carboxylic acid groups (broad SMARTS) is 1.